The van der Waals surface area contributed by atoms with Gasteiger partial charge in [-0.2, -0.15) is 5.10 Å². The van der Waals surface area contributed by atoms with Gasteiger partial charge >= 0.3 is 0 Å². The number of hydrogen-bond donors (Lipinski definition) is 0. The molecule has 94 valence electrons. The molecule has 0 spiro atoms. The van der Waals surface area contributed by atoms with Crippen molar-refractivity contribution in [3.63, 3.8) is 0 Å². The average Bonchev–Trinajstić information content (AvgIpc) is 3.04. The lowest BCUT2D eigenvalue weighted by molar-refractivity contribution is 0.112. The highest BCUT2D eigenvalue weighted by atomic mass is 35.5. The molecule has 1 aliphatic rings. The molecule has 1 atom stereocenters. The average molecular weight is 255 g/mol. The molecule has 0 N–H and O–H groups in total. The van der Waals surface area contributed by atoms with Gasteiger partial charge in [0.05, 0.1) is 17.3 Å². The van der Waals surface area contributed by atoms with Crippen molar-refractivity contribution < 1.29 is 4.79 Å². The summed E-state index contributed by atoms with van der Waals surface area (Å²) < 4.78 is 1.83. The Morgan fingerprint density at radius 2 is 2.12 bits per heavy atom. The molecular weight excluding hydrogens is 236 g/mol. The van der Waals surface area contributed by atoms with E-state index in [0.717, 1.165) is 18.4 Å². The Morgan fingerprint density at radius 1 is 1.47 bits per heavy atom. The van der Waals surface area contributed by atoms with Gasteiger partial charge in [-0.1, -0.05) is 25.4 Å². The van der Waals surface area contributed by atoms with Crippen LogP contribution in [0.15, 0.2) is 0 Å². The summed E-state index contributed by atoms with van der Waals surface area (Å²) in [6, 6.07) is 0.308. The summed E-state index contributed by atoms with van der Waals surface area (Å²) in [6.45, 7) is 6.36. The zero-order chi connectivity index (χ0) is 12.6. The maximum atomic E-state index is 11.1. The molecule has 0 aromatic carbocycles. The van der Waals surface area contributed by atoms with Gasteiger partial charge in [0, 0.05) is 0 Å². The van der Waals surface area contributed by atoms with E-state index in [4.69, 9.17) is 11.6 Å². The molecule has 17 heavy (non-hydrogen) atoms. The maximum Gasteiger partial charge on any atom is 0.155 e. The first-order chi connectivity index (χ1) is 8.04. The second kappa shape index (κ2) is 4.81. The van der Waals surface area contributed by atoms with Crippen molar-refractivity contribution in [1.29, 1.82) is 0 Å². The quantitative estimate of drug-likeness (QED) is 0.754. The first kappa shape index (κ1) is 12.6. The van der Waals surface area contributed by atoms with Crippen LogP contribution in [0.2, 0.25) is 5.15 Å². The van der Waals surface area contributed by atoms with Crippen LogP contribution in [-0.2, 0) is 6.42 Å². The Kier molecular flexibility index (Phi) is 3.57. The molecule has 0 aliphatic heterocycles. The Bertz CT molecular complexity index is 421. The van der Waals surface area contributed by atoms with Crippen LogP contribution < -0.4 is 0 Å². The van der Waals surface area contributed by atoms with Crippen LogP contribution in [0.25, 0.3) is 0 Å². The van der Waals surface area contributed by atoms with Crippen molar-refractivity contribution in [3.05, 3.63) is 16.4 Å². The van der Waals surface area contributed by atoms with Crippen molar-refractivity contribution in [2.24, 2.45) is 11.8 Å². The number of carbonyl (C=O) groups excluding carboxylic acids is 1. The molecular formula is C13H19ClN2O. The third-order valence-electron chi connectivity index (χ3n) is 3.37. The van der Waals surface area contributed by atoms with Gasteiger partial charge in [-0.05, 0) is 38.0 Å². The lowest BCUT2D eigenvalue weighted by Crippen LogP contribution is -2.09. The number of carbonyl (C=O) groups is 1. The Balaban J connectivity index is 2.33. The summed E-state index contributed by atoms with van der Waals surface area (Å²) in [5.74, 6) is 1.16. The number of hydrogen-bond acceptors (Lipinski definition) is 2. The monoisotopic (exact) mass is 254 g/mol. The van der Waals surface area contributed by atoms with Gasteiger partial charge < -0.3 is 0 Å². The number of rotatable bonds is 5. The Hall–Kier alpha value is -0.830. The second-order valence-electron chi connectivity index (χ2n) is 5.39. The molecule has 1 aromatic rings. The fourth-order valence-electron chi connectivity index (χ4n) is 2.17. The molecule has 2 rings (SSSR count). The fraction of sp³-hybridized carbons (Fsp3) is 0.692. The number of aromatic nitrogens is 2. The minimum absolute atomic E-state index is 0.308. The maximum absolute atomic E-state index is 11.1. The lowest BCUT2D eigenvalue weighted by Gasteiger charge is -2.11. The van der Waals surface area contributed by atoms with E-state index in [1.165, 1.54) is 12.8 Å². The van der Waals surface area contributed by atoms with Crippen LogP contribution in [-0.4, -0.2) is 16.1 Å². The fourth-order valence-corrected chi connectivity index (χ4v) is 2.52. The van der Waals surface area contributed by atoms with Gasteiger partial charge in [-0.15, -0.1) is 0 Å². The zero-order valence-electron chi connectivity index (χ0n) is 10.6. The molecule has 0 bridgehead atoms. The van der Waals surface area contributed by atoms with Gasteiger partial charge in [0.15, 0.2) is 6.29 Å². The molecule has 0 saturated heterocycles. The van der Waals surface area contributed by atoms with Gasteiger partial charge in [-0.25, -0.2) is 4.68 Å². The van der Waals surface area contributed by atoms with E-state index < -0.39 is 0 Å². The SMILES string of the molecule is CC(C)Cc1nn(C(C)C2CC2)c(Cl)c1C=O. The summed E-state index contributed by atoms with van der Waals surface area (Å²) in [5, 5.41) is 5.04. The molecule has 1 unspecified atom stereocenters. The molecule has 3 nitrogen and oxygen atoms in total. The van der Waals surface area contributed by atoms with Crippen LogP contribution in [0.1, 0.15) is 55.7 Å². The normalized spacial score (nSPS) is 17.5. The highest BCUT2D eigenvalue weighted by Gasteiger charge is 2.32. The summed E-state index contributed by atoms with van der Waals surface area (Å²) in [6.07, 6.45) is 4.13. The molecule has 1 saturated carbocycles. The minimum atomic E-state index is 0.308. The third kappa shape index (κ3) is 2.54. The lowest BCUT2D eigenvalue weighted by atomic mass is 10.1. The summed E-state index contributed by atoms with van der Waals surface area (Å²) in [7, 11) is 0. The molecule has 0 radical (unpaired) electrons. The predicted molar refractivity (Wildman–Crippen MR) is 68.6 cm³/mol. The van der Waals surface area contributed by atoms with E-state index in [0.29, 0.717) is 28.6 Å². The Morgan fingerprint density at radius 3 is 2.59 bits per heavy atom. The molecule has 4 heteroatoms. The highest BCUT2D eigenvalue weighted by molar-refractivity contribution is 6.32. The Labute approximate surface area is 107 Å². The molecule has 1 heterocycles. The van der Waals surface area contributed by atoms with Crippen LogP contribution in [0.4, 0.5) is 0 Å². The molecule has 1 aliphatic carbocycles. The van der Waals surface area contributed by atoms with E-state index >= 15 is 0 Å². The topological polar surface area (TPSA) is 34.9 Å². The summed E-state index contributed by atoms with van der Waals surface area (Å²) >= 11 is 6.25. The number of halogens is 1. The van der Waals surface area contributed by atoms with Crippen LogP contribution >= 0.6 is 11.6 Å². The first-order valence-electron chi connectivity index (χ1n) is 6.26. The molecule has 0 amide bonds. The van der Waals surface area contributed by atoms with Crippen molar-refractivity contribution >= 4 is 17.9 Å². The van der Waals surface area contributed by atoms with Gasteiger partial charge in [0.25, 0.3) is 0 Å². The van der Waals surface area contributed by atoms with E-state index in [1.807, 2.05) is 4.68 Å². The van der Waals surface area contributed by atoms with Crippen molar-refractivity contribution in [2.45, 2.75) is 46.1 Å². The standard InChI is InChI=1S/C13H19ClN2O/c1-8(2)6-12-11(7-17)13(14)16(15-12)9(3)10-4-5-10/h7-10H,4-6H2,1-3H3. The second-order valence-corrected chi connectivity index (χ2v) is 5.75. The van der Waals surface area contributed by atoms with E-state index in [-0.39, 0.29) is 0 Å². The minimum Gasteiger partial charge on any atom is -0.298 e. The predicted octanol–water partition coefficient (Wildman–Crippen LogP) is 3.52. The van der Waals surface area contributed by atoms with Crippen LogP contribution in [0, 0.1) is 11.8 Å². The highest BCUT2D eigenvalue weighted by Crippen LogP contribution is 2.41. The van der Waals surface area contributed by atoms with E-state index in [9.17, 15) is 4.79 Å². The van der Waals surface area contributed by atoms with Gasteiger partial charge in [0.1, 0.15) is 5.15 Å². The van der Waals surface area contributed by atoms with E-state index in [2.05, 4.69) is 25.9 Å². The third-order valence-corrected chi connectivity index (χ3v) is 3.75. The zero-order valence-corrected chi connectivity index (χ0v) is 11.4. The molecule has 1 aromatic heterocycles. The van der Waals surface area contributed by atoms with Crippen molar-refractivity contribution in [2.75, 3.05) is 0 Å². The summed E-state index contributed by atoms with van der Waals surface area (Å²) in [5.41, 5.74) is 1.42. The summed E-state index contributed by atoms with van der Waals surface area (Å²) in [4.78, 5) is 11.1. The number of nitrogens with zero attached hydrogens (tertiary/aromatic N) is 2. The van der Waals surface area contributed by atoms with Crippen LogP contribution in [0.5, 0.6) is 0 Å². The molecule has 1 fully saturated rings. The largest absolute Gasteiger partial charge is 0.298 e. The van der Waals surface area contributed by atoms with Crippen LogP contribution in [0.3, 0.4) is 0 Å². The van der Waals surface area contributed by atoms with Crippen molar-refractivity contribution in [1.82, 2.24) is 9.78 Å². The number of aldehydes is 1. The van der Waals surface area contributed by atoms with E-state index in [1.54, 1.807) is 0 Å². The van der Waals surface area contributed by atoms with Gasteiger partial charge in [-0.3, -0.25) is 4.79 Å². The van der Waals surface area contributed by atoms with Crippen molar-refractivity contribution in [3.8, 4) is 0 Å². The van der Waals surface area contributed by atoms with Gasteiger partial charge in [0.2, 0.25) is 0 Å². The first-order valence-corrected chi connectivity index (χ1v) is 6.64. The smallest absolute Gasteiger partial charge is 0.155 e.